The molecule has 6 heteroatoms. The fraction of sp³-hybridized carbons (Fsp3) is 0.364. The summed E-state index contributed by atoms with van der Waals surface area (Å²) in [5.74, 6) is 1.95. The Hall–Kier alpha value is -1.56. The van der Waals surface area contributed by atoms with E-state index in [4.69, 9.17) is 5.11 Å². The van der Waals surface area contributed by atoms with Crippen molar-refractivity contribution in [2.24, 2.45) is 0 Å². The summed E-state index contributed by atoms with van der Waals surface area (Å²) in [4.78, 5) is 21.0. The maximum atomic E-state index is 10.3. The lowest BCUT2D eigenvalue weighted by molar-refractivity contribution is -0.131. The molecule has 0 atom stereocenters. The molecule has 1 N–H and O–H groups in total. The van der Waals surface area contributed by atoms with Crippen molar-refractivity contribution in [3.63, 3.8) is 0 Å². The van der Waals surface area contributed by atoms with Gasteiger partial charge in [-0.1, -0.05) is 0 Å². The normalized spacial score (nSPS) is 16.4. The minimum absolute atomic E-state index is 0.697. The lowest BCUT2D eigenvalue weighted by Crippen LogP contribution is -2.33. The molecule has 0 radical (unpaired) electrons. The van der Waals surface area contributed by atoms with Crippen LogP contribution in [0.5, 0.6) is 0 Å². The molecule has 0 spiro atoms. The van der Waals surface area contributed by atoms with E-state index in [0.717, 1.165) is 36.6 Å². The van der Waals surface area contributed by atoms with Gasteiger partial charge >= 0.3 is 5.97 Å². The lowest BCUT2D eigenvalue weighted by atomic mass is 10.3. The fourth-order valence-corrected chi connectivity index (χ4v) is 2.41. The summed E-state index contributed by atoms with van der Waals surface area (Å²) in [6.07, 6.45) is 5.85. The predicted molar refractivity (Wildman–Crippen MR) is 68.2 cm³/mol. The van der Waals surface area contributed by atoms with Crippen molar-refractivity contribution in [3.8, 4) is 0 Å². The van der Waals surface area contributed by atoms with Crippen LogP contribution >= 0.6 is 11.8 Å². The highest BCUT2D eigenvalue weighted by molar-refractivity contribution is 7.99. The summed E-state index contributed by atoms with van der Waals surface area (Å²) >= 11 is 1.93. The molecular weight excluding hydrogens is 238 g/mol. The minimum atomic E-state index is -0.970. The second kappa shape index (κ2) is 5.67. The van der Waals surface area contributed by atoms with Gasteiger partial charge in [0, 0.05) is 48.6 Å². The standard InChI is InChI=1S/C11H13N3O2S/c15-10(16)2-1-9-7-12-11(13-8-9)14-3-5-17-6-4-14/h1-2,7-8H,3-6H2,(H,15,16)/b2-1+. The summed E-state index contributed by atoms with van der Waals surface area (Å²) in [6.45, 7) is 1.93. The number of aliphatic carboxylic acids is 1. The van der Waals surface area contributed by atoms with Crippen LogP contribution < -0.4 is 4.90 Å². The van der Waals surface area contributed by atoms with Gasteiger partial charge in [-0.05, 0) is 6.08 Å². The van der Waals surface area contributed by atoms with Gasteiger partial charge < -0.3 is 10.0 Å². The fourth-order valence-electron chi connectivity index (χ4n) is 1.51. The smallest absolute Gasteiger partial charge is 0.328 e. The monoisotopic (exact) mass is 251 g/mol. The first-order chi connectivity index (χ1) is 8.25. The molecule has 1 aromatic rings. The zero-order valence-electron chi connectivity index (χ0n) is 9.24. The van der Waals surface area contributed by atoms with E-state index in [0.29, 0.717) is 5.56 Å². The van der Waals surface area contributed by atoms with Crippen LogP contribution in [0, 0.1) is 0 Å². The van der Waals surface area contributed by atoms with E-state index in [-0.39, 0.29) is 0 Å². The highest BCUT2D eigenvalue weighted by Crippen LogP contribution is 2.14. The van der Waals surface area contributed by atoms with Gasteiger partial charge in [-0.3, -0.25) is 0 Å². The molecule has 2 rings (SSSR count). The molecule has 0 unspecified atom stereocenters. The summed E-state index contributed by atoms with van der Waals surface area (Å²) in [6, 6.07) is 0. The Bertz CT molecular complexity index is 413. The maximum Gasteiger partial charge on any atom is 0.328 e. The molecule has 1 fully saturated rings. The number of rotatable bonds is 3. The van der Waals surface area contributed by atoms with Gasteiger partial charge in [0.05, 0.1) is 0 Å². The zero-order valence-corrected chi connectivity index (χ0v) is 10.1. The largest absolute Gasteiger partial charge is 0.478 e. The van der Waals surface area contributed by atoms with E-state index >= 15 is 0 Å². The number of carboxylic acid groups (broad SMARTS) is 1. The van der Waals surface area contributed by atoms with Gasteiger partial charge in [0.2, 0.25) is 5.95 Å². The lowest BCUT2D eigenvalue weighted by Gasteiger charge is -2.26. The van der Waals surface area contributed by atoms with Gasteiger partial charge in [0.25, 0.3) is 0 Å². The number of thioether (sulfide) groups is 1. The van der Waals surface area contributed by atoms with Crippen LogP contribution in [0.2, 0.25) is 0 Å². The average Bonchev–Trinajstić information content (AvgIpc) is 2.38. The van der Waals surface area contributed by atoms with E-state index in [1.54, 1.807) is 12.4 Å². The molecule has 0 aromatic carbocycles. The van der Waals surface area contributed by atoms with Crippen LogP contribution in [0.15, 0.2) is 18.5 Å². The summed E-state index contributed by atoms with van der Waals surface area (Å²) in [5.41, 5.74) is 0.697. The highest BCUT2D eigenvalue weighted by atomic mass is 32.2. The van der Waals surface area contributed by atoms with Crippen molar-refractivity contribution in [2.45, 2.75) is 0 Å². The van der Waals surface area contributed by atoms with Gasteiger partial charge in [-0.15, -0.1) is 0 Å². The van der Waals surface area contributed by atoms with Crippen LogP contribution in [0.1, 0.15) is 5.56 Å². The number of hydrogen-bond acceptors (Lipinski definition) is 5. The molecule has 0 amide bonds. The Morgan fingerprint density at radius 1 is 1.35 bits per heavy atom. The van der Waals surface area contributed by atoms with E-state index in [1.807, 2.05) is 11.8 Å². The molecule has 1 saturated heterocycles. The maximum absolute atomic E-state index is 10.3. The second-order valence-electron chi connectivity index (χ2n) is 3.59. The molecule has 1 aliphatic rings. The molecule has 0 aliphatic carbocycles. The first-order valence-corrected chi connectivity index (χ1v) is 6.47. The van der Waals surface area contributed by atoms with Crippen molar-refractivity contribution < 1.29 is 9.90 Å². The average molecular weight is 251 g/mol. The first kappa shape index (κ1) is 11.9. The molecule has 90 valence electrons. The zero-order chi connectivity index (χ0) is 12.1. The topological polar surface area (TPSA) is 66.3 Å². The van der Waals surface area contributed by atoms with E-state index in [1.165, 1.54) is 6.08 Å². The van der Waals surface area contributed by atoms with Crippen molar-refractivity contribution >= 4 is 29.8 Å². The number of nitrogens with zero attached hydrogens (tertiary/aromatic N) is 3. The Kier molecular flexibility index (Phi) is 3.98. The van der Waals surface area contributed by atoms with Crippen molar-refractivity contribution in [3.05, 3.63) is 24.0 Å². The van der Waals surface area contributed by atoms with Gasteiger partial charge in [-0.2, -0.15) is 11.8 Å². The van der Waals surface area contributed by atoms with E-state index in [9.17, 15) is 4.79 Å². The van der Waals surface area contributed by atoms with Crippen LogP contribution in [0.4, 0.5) is 5.95 Å². The van der Waals surface area contributed by atoms with Crippen LogP contribution in [-0.4, -0.2) is 45.6 Å². The number of carbonyl (C=O) groups is 1. The molecule has 0 bridgehead atoms. The molecule has 0 saturated carbocycles. The Labute approximate surface area is 104 Å². The van der Waals surface area contributed by atoms with E-state index < -0.39 is 5.97 Å². The van der Waals surface area contributed by atoms with Crippen LogP contribution in [0.3, 0.4) is 0 Å². The summed E-state index contributed by atoms with van der Waals surface area (Å²) in [5, 5.41) is 8.50. The Balaban J connectivity index is 2.04. The molecule has 1 aromatic heterocycles. The molecule has 17 heavy (non-hydrogen) atoms. The highest BCUT2D eigenvalue weighted by Gasteiger charge is 2.12. The summed E-state index contributed by atoms with van der Waals surface area (Å²) in [7, 11) is 0. The minimum Gasteiger partial charge on any atom is -0.478 e. The van der Waals surface area contributed by atoms with Gasteiger partial charge in [0.1, 0.15) is 0 Å². The third kappa shape index (κ3) is 3.45. The van der Waals surface area contributed by atoms with Crippen LogP contribution in [-0.2, 0) is 4.79 Å². The molecule has 5 nitrogen and oxygen atoms in total. The third-order valence-electron chi connectivity index (χ3n) is 2.37. The quantitative estimate of drug-likeness (QED) is 0.812. The molecule has 2 heterocycles. The second-order valence-corrected chi connectivity index (χ2v) is 4.81. The predicted octanol–water partition coefficient (Wildman–Crippen LogP) is 1.13. The number of carboxylic acids is 1. The Morgan fingerprint density at radius 3 is 2.59 bits per heavy atom. The van der Waals surface area contributed by atoms with Crippen molar-refractivity contribution in [1.82, 2.24) is 9.97 Å². The number of hydrogen-bond donors (Lipinski definition) is 1. The number of aromatic nitrogens is 2. The van der Waals surface area contributed by atoms with Gasteiger partial charge in [-0.25, -0.2) is 14.8 Å². The molecule has 1 aliphatic heterocycles. The van der Waals surface area contributed by atoms with Crippen LogP contribution in [0.25, 0.3) is 6.08 Å². The summed E-state index contributed by atoms with van der Waals surface area (Å²) < 4.78 is 0. The first-order valence-electron chi connectivity index (χ1n) is 5.31. The Morgan fingerprint density at radius 2 is 2.00 bits per heavy atom. The molecular formula is C11H13N3O2S. The third-order valence-corrected chi connectivity index (χ3v) is 3.31. The number of anilines is 1. The van der Waals surface area contributed by atoms with Crippen molar-refractivity contribution in [2.75, 3.05) is 29.5 Å². The van der Waals surface area contributed by atoms with Crippen molar-refractivity contribution in [1.29, 1.82) is 0 Å². The SMILES string of the molecule is O=C(O)/C=C/c1cnc(N2CCSCC2)nc1. The van der Waals surface area contributed by atoms with E-state index in [2.05, 4.69) is 14.9 Å². The van der Waals surface area contributed by atoms with Gasteiger partial charge in [0.15, 0.2) is 0 Å².